The molecule has 0 aliphatic heterocycles. The molecule has 19 heavy (non-hydrogen) atoms. The van der Waals surface area contributed by atoms with E-state index in [2.05, 4.69) is 0 Å². The van der Waals surface area contributed by atoms with Gasteiger partial charge >= 0.3 is 0 Å². The van der Waals surface area contributed by atoms with Gasteiger partial charge in [-0.25, -0.2) is 0 Å². The molecule has 0 aliphatic carbocycles. The normalized spacial score (nSPS) is 10.3. The fourth-order valence-corrected chi connectivity index (χ4v) is 1.79. The minimum atomic E-state index is -0.0812. The molecule has 3 nitrogen and oxygen atoms in total. The second-order valence-electron chi connectivity index (χ2n) is 3.97. The monoisotopic (exact) mass is 304 g/mol. The van der Waals surface area contributed by atoms with Gasteiger partial charge in [0.2, 0.25) is 0 Å². The Morgan fingerprint density at radius 2 is 1.53 bits per heavy atom. The maximum Gasteiger partial charge on any atom is 0.167 e. The van der Waals surface area contributed by atoms with Crippen molar-refractivity contribution in [3.63, 3.8) is 0 Å². The molecule has 0 unspecified atom stereocenters. The molecule has 0 radical (unpaired) electrons. The molecule has 1 aromatic rings. The van der Waals surface area contributed by atoms with Gasteiger partial charge in [-0.3, -0.25) is 4.79 Å². The van der Waals surface area contributed by atoms with E-state index in [0.29, 0.717) is 42.0 Å². The molecule has 0 saturated carbocycles. The SMILES string of the molecule is CC(=O)c1c(OCCCCl)cccc1OCCCCl. The number of halogens is 2. The Morgan fingerprint density at radius 3 is 1.89 bits per heavy atom. The van der Waals surface area contributed by atoms with E-state index >= 15 is 0 Å². The van der Waals surface area contributed by atoms with Crippen LogP contribution in [0.25, 0.3) is 0 Å². The van der Waals surface area contributed by atoms with Crippen LogP contribution in [0.5, 0.6) is 11.5 Å². The Labute approximate surface area is 123 Å². The molecule has 0 N–H and O–H groups in total. The minimum Gasteiger partial charge on any atom is -0.493 e. The standard InChI is InChI=1S/C14H18Cl2O3/c1-11(17)14-12(18-9-3-7-15)5-2-6-13(14)19-10-4-8-16/h2,5-6H,3-4,7-10H2,1H3. The van der Waals surface area contributed by atoms with Crippen LogP contribution >= 0.6 is 23.2 Å². The Hall–Kier alpha value is -0.930. The topological polar surface area (TPSA) is 35.5 Å². The first kappa shape index (κ1) is 16.1. The zero-order valence-electron chi connectivity index (χ0n) is 11.0. The molecule has 0 aromatic heterocycles. The lowest BCUT2D eigenvalue weighted by Gasteiger charge is -2.14. The summed E-state index contributed by atoms with van der Waals surface area (Å²) in [7, 11) is 0. The first-order valence-corrected chi connectivity index (χ1v) is 7.29. The Kier molecular flexibility index (Phi) is 7.68. The first-order chi connectivity index (χ1) is 9.20. The number of ketones is 1. The molecule has 1 rings (SSSR count). The van der Waals surface area contributed by atoms with Gasteiger partial charge in [-0.15, -0.1) is 23.2 Å². The van der Waals surface area contributed by atoms with Crippen molar-refractivity contribution >= 4 is 29.0 Å². The van der Waals surface area contributed by atoms with Crippen molar-refractivity contribution in [2.24, 2.45) is 0 Å². The molecular formula is C14H18Cl2O3. The summed E-state index contributed by atoms with van der Waals surface area (Å²) in [6.45, 7) is 2.46. The zero-order chi connectivity index (χ0) is 14.1. The van der Waals surface area contributed by atoms with Gasteiger partial charge in [0.15, 0.2) is 5.78 Å². The van der Waals surface area contributed by atoms with Crippen LogP contribution < -0.4 is 9.47 Å². The van der Waals surface area contributed by atoms with E-state index in [-0.39, 0.29) is 5.78 Å². The molecule has 0 aliphatic rings. The number of alkyl halides is 2. The third kappa shape index (κ3) is 5.29. The fraction of sp³-hybridized carbons (Fsp3) is 0.500. The van der Waals surface area contributed by atoms with Crippen LogP contribution in [0, 0.1) is 0 Å². The smallest absolute Gasteiger partial charge is 0.167 e. The molecule has 0 atom stereocenters. The zero-order valence-corrected chi connectivity index (χ0v) is 12.5. The minimum absolute atomic E-state index is 0.0812. The molecule has 0 heterocycles. The molecule has 1 aromatic carbocycles. The average Bonchev–Trinajstić information content (AvgIpc) is 2.39. The summed E-state index contributed by atoms with van der Waals surface area (Å²) in [5, 5.41) is 0. The Bertz CT molecular complexity index is 379. The molecule has 5 heteroatoms. The van der Waals surface area contributed by atoms with Crippen LogP contribution in [-0.2, 0) is 0 Å². The molecule has 0 fully saturated rings. The van der Waals surface area contributed by atoms with Crippen molar-refractivity contribution in [1.29, 1.82) is 0 Å². The number of hydrogen-bond donors (Lipinski definition) is 0. The highest BCUT2D eigenvalue weighted by atomic mass is 35.5. The molecule has 0 saturated heterocycles. The maximum atomic E-state index is 11.7. The summed E-state index contributed by atoms with van der Waals surface area (Å²) in [4.78, 5) is 11.7. The van der Waals surface area contributed by atoms with Gasteiger partial charge in [-0.2, -0.15) is 0 Å². The van der Waals surface area contributed by atoms with Crippen LogP contribution in [0.15, 0.2) is 18.2 Å². The first-order valence-electron chi connectivity index (χ1n) is 6.22. The number of rotatable bonds is 9. The van der Waals surface area contributed by atoms with Crippen molar-refractivity contribution < 1.29 is 14.3 Å². The number of benzene rings is 1. The number of Topliss-reactive ketones (excluding diaryl/α,β-unsaturated/α-hetero) is 1. The maximum absolute atomic E-state index is 11.7. The number of ether oxygens (including phenoxy) is 2. The number of carbonyl (C=O) groups is 1. The van der Waals surface area contributed by atoms with Gasteiger partial charge in [0.1, 0.15) is 17.1 Å². The van der Waals surface area contributed by atoms with Crippen molar-refractivity contribution in [3.05, 3.63) is 23.8 Å². The molecule has 0 spiro atoms. The van der Waals surface area contributed by atoms with Gasteiger partial charge in [-0.1, -0.05) is 6.07 Å². The summed E-state index contributed by atoms with van der Waals surface area (Å²) in [5.41, 5.74) is 0.478. The largest absolute Gasteiger partial charge is 0.493 e. The van der Waals surface area contributed by atoms with E-state index in [1.807, 2.05) is 0 Å². The third-order valence-corrected chi connectivity index (χ3v) is 2.95. The Balaban J connectivity index is 2.84. The highest BCUT2D eigenvalue weighted by Crippen LogP contribution is 2.29. The summed E-state index contributed by atoms with van der Waals surface area (Å²) in [5.74, 6) is 2.06. The second kappa shape index (κ2) is 9.05. The highest BCUT2D eigenvalue weighted by Gasteiger charge is 2.15. The van der Waals surface area contributed by atoms with E-state index in [1.54, 1.807) is 18.2 Å². The van der Waals surface area contributed by atoms with Crippen LogP contribution in [0.4, 0.5) is 0 Å². The molecular weight excluding hydrogens is 287 g/mol. The van der Waals surface area contributed by atoms with Crippen molar-refractivity contribution in [1.82, 2.24) is 0 Å². The lowest BCUT2D eigenvalue weighted by atomic mass is 10.1. The van der Waals surface area contributed by atoms with Crippen molar-refractivity contribution in [3.8, 4) is 11.5 Å². The fourth-order valence-electron chi connectivity index (χ4n) is 1.57. The van der Waals surface area contributed by atoms with E-state index in [1.165, 1.54) is 6.92 Å². The van der Waals surface area contributed by atoms with E-state index in [0.717, 1.165) is 12.8 Å². The van der Waals surface area contributed by atoms with Crippen LogP contribution in [0.3, 0.4) is 0 Å². The lowest BCUT2D eigenvalue weighted by molar-refractivity contribution is 0.100. The number of hydrogen-bond acceptors (Lipinski definition) is 3. The average molecular weight is 305 g/mol. The molecule has 106 valence electrons. The molecule has 0 bridgehead atoms. The van der Waals surface area contributed by atoms with E-state index < -0.39 is 0 Å². The van der Waals surface area contributed by atoms with Gasteiger partial charge in [0.05, 0.1) is 13.2 Å². The molecule has 0 amide bonds. The highest BCUT2D eigenvalue weighted by molar-refractivity contribution is 6.18. The van der Waals surface area contributed by atoms with E-state index in [4.69, 9.17) is 32.7 Å². The Morgan fingerprint density at radius 1 is 1.05 bits per heavy atom. The second-order valence-corrected chi connectivity index (χ2v) is 4.72. The van der Waals surface area contributed by atoms with E-state index in [9.17, 15) is 4.79 Å². The van der Waals surface area contributed by atoms with Crippen molar-refractivity contribution in [2.75, 3.05) is 25.0 Å². The van der Waals surface area contributed by atoms with Gasteiger partial charge in [0, 0.05) is 11.8 Å². The van der Waals surface area contributed by atoms with Gasteiger partial charge < -0.3 is 9.47 Å². The summed E-state index contributed by atoms with van der Waals surface area (Å²) >= 11 is 11.2. The van der Waals surface area contributed by atoms with Crippen LogP contribution in [-0.4, -0.2) is 30.8 Å². The van der Waals surface area contributed by atoms with Crippen LogP contribution in [0.1, 0.15) is 30.1 Å². The van der Waals surface area contributed by atoms with Gasteiger partial charge in [-0.05, 0) is 31.9 Å². The number of carbonyl (C=O) groups excluding carboxylic acids is 1. The van der Waals surface area contributed by atoms with Gasteiger partial charge in [0.25, 0.3) is 0 Å². The summed E-state index contributed by atoms with van der Waals surface area (Å²) in [6.07, 6.45) is 1.46. The third-order valence-electron chi connectivity index (χ3n) is 2.41. The lowest BCUT2D eigenvalue weighted by Crippen LogP contribution is -2.07. The predicted octanol–water partition coefficient (Wildman–Crippen LogP) is 3.90. The predicted molar refractivity (Wildman–Crippen MR) is 78.1 cm³/mol. The van der Waals surface area contributed by atoms with Crippen molar-refractivity contribution in [2.45, 2.75) is 19.8 Å². The summed E-state index contributed by atoms with van der Waals surface area (Å²) in [6, 6.07) is 5.33. The van der Waals surface area contributed by atoms with Crippen LogP contribution in [0.2, 0.25) is 0 Å². The summed E-state index contributed by atoms with van der Waals surface area (Å²) < 4.78 is 11.1. The quantitative estimate of drug-likeness (QED) is 0.394.